The lowest BCUT2D eigenvalue weighted by Gasteiger charge is -2.16. The minimum absolute atomic E-state index is 0.128. The molecule has 0 unspecified atom stereocenters. The standard InChI is InChI=1S/C20H23N5OS/c1-20(2,3)18-23-24-19(25(18)21)27-13-14-9-11-15(12-10-14)17(26)22-16-7-5-4-6-8-16/h4-12H,13,21H2,1-3H3,(H,22,26). The van der Waals surface area contributed by atoms with Gasteiger partial charge in [0.2, 0.25) is 5.16 Å². The van der Waals surface area contributed by atoms with Crippen LogP contribution >= 0.6 is 11.8 Å². The number of rotatable bonds is 5. The van der Waals surface area contributed by atoms with Gasteiger partial charge < -0.3 is 11.2 Å². The molecule has 0 spiro atoms. The Labute approximate surface area is 163 Å². The predicted octanol–water partition coefficient (Wildman–Crippen LogP) is 3.83. The Kier molecular flexibility index (Phi) is 5.51. The highest BCUT2D eigenvalue weighted by Crippen LogP contribution is 2.25. The van der Waals surface area contributed by atoms with Gasteiger partial charge in [-0.3, -0.25) is 4.79 Å². The van der Waals surface area contributed by atoms with Gasteiger partial charge in [-0.2, -0.15) is 0 Å². The second-order valence-corrected chi connectivity index (χ2v) is 8.17. The zero-order valence-electron chi connectivity index (χ0n) is 15.6. The summed E-state index contributed by atoms with van der Waals surface area (Å²) in [6, 6.07) is 16.9. The van der Waals surface area contributed by atoms with E-state index < -0.39 is 0 Å². The van der Waals surface area contributed by atoms with E-state index in [1.807, 2.05) is 75.4 Å². The topological polar surface area (TPSA) is 85.8 Å². The molecule has 0 saturated carbocycles. The van der Waals surface area contributed by atoms with Crippen LogP contribution in [0.25, 0.3) is 0 Å². The molecule has 0 atom stereocenters. The number of nitrogens with two attached hydrogens (primary N) is 1. The number of aromatic nitrogens is 3. The Hall–Kier alpha value is -2.80. The number of hydrogen-bond donors (Lipinski definition) is 2. The van der Waals surface area contributed by atoms with E-state index in [9.17, 15) is 4.79 Å². The van der Waals surface area contributed by atoms with Crippen molar-refractivity contribution in [3.63, 3.8) is 0 Å². The molecular formula is C20H23N5OS. The summed E-state index contributed by atoms with van der Waals surface area (Å²) in [7, 11) is 0. The molecule has 1 aromatic heterocycles. The third kappa shape index (κ3) is 4.68. The highest BCUT2D eigenvalue weighted by atomic mass is 32.2. The largest absolute Gasteiger partial charge is 0.336 e. The molecule has 0 aliphatic carbocycles. The van der Waals surface area contributed by atoms with Gasteiger partial charge in [0.05, 0.1) is 0 Å². The molecular weight excluding hydrogens is 358 g/mol. The zero-order valence-corrected chi connectivity index (χ0v) is 16.5. The normalized spacial score (nSPS) is 11.4. The number of nitrogens with one attached hydrogen (secondary N) is 1. The summed E-state index contributed by atoms with van der Waals surface area (Å²) in [6.07, 6.45) is 0. The molecule has 6 nitrogen and oxygen atoms in total. The van der Waals surface area contributed by atoms with E-state index >= 15 is 0 Å². The second-order valence-electron chi connectivity index (χ2n) is 7.23. The number of hydrogen-bond acceptors (Lipinski definition) is 5. The summed E-state index contributed by atoms with van der Waals surface area (Å²) in [5.41, 5.74) is 2.31. The molecule has 3 aromatic rings. The van der Waals surface area contributed by atoms with Crippen LogP contribution in [0.5, 0.6) is 0 Å². The summed E-state index contributed by atoms with van der Waals surface area (Å²) in [5.74, 6) is 7.42. The van der Waals surface area contributed by atoms with E-state index in [0.29, 0.717) is 16.5 Å². The van der Waals surface area contributed by atoms with Gasteiger partial charge in [-0.1, -0.05) is 62.9 Å². The molecule has 0 aliphatic rings. The summed E-state index contributed by atoms with van der Waals surface area (Å²) >= 11 is 1.52. The Morgan fingerprint density at radius 1 is 1.07 bits per heavy atom. The fraction of sp³-hybridized carbons (Fsp3) is 0.250. The van der Waals surface area contributed by atoms with Crippen molar-refractivity contribution < 1.29 is 4.79 Å². The van der Waals surface area contributed by atoms with Crippen LogP contribution < -0.4 is 11.2 Å². The molecule has 0 bridgehead atoms. The van der Waals surface area contributed by atoms with E-state index in [4.69, 9.17) is 5.84 Å². The molecule has 2 aromatic carbocycles. The van der Waals surface area contributed by atoms with E-state index in [1.165, 1.54) is 11.8 Å². The molecule has 140 valence electrons. The third-order valence-corrected chi connectivity index (χ3v) is 4.97. The number of para-hydroxylation sites is 1. The van der Waals surface area contributed by atoms with Gasteiger partial charge in [-0.25, -0.2) is 4.68 Å². The van der Waals surface area contributed by atoms with Crippen molar-refractivity contribution in [3.05, 3.63) is 71.5 Å². The van der Waals surface area contributed by atoms with Gasteiger partial charge in [0, 0.05) is 22.4 Å². The lowest BCUT2D eigenvalue weighted by atomic mass is 9.96. The van der Waals surface area contributed by atoms with Crippen molar-refractivity contribution in [3.8, 4) is 0 Å². The minimum Gasteiger partial charge on any atom is -0.336 e. The molecule has 3 rings (SSSR count). The Morgan fingerprint density at radius 3 is 2.33 bits per heavy atom. The number of thioether (sulfide) groups is 1. The second kappa shape index (κ2) is 7.84. The Morgan fingerprint density at radius 2 is 1.74 bits per heavy atom. The fourth-order valence-corrected chi connectivity index (χ4v) is 3.32. The van der Waals surface area contributed by atoms with Gasteiger partial charge in [0.1, 0.15) is 0 Å². The first kappa shape index (κ1) is 19.0. The summed E-state index contributed by atoms with van der Waals surface area (Å²) in [6.45, 7) is 6.15. The first-order chi connectivity index (χ1) is 12.8. The number of anilines is 1. The minimum atomic E-state index is -0.158. The lowest BCUT2D eigenvalue weighted by molar-refractivity contribution is 0.102. The number of amides is 1. The summed E-state index contributed by atoms with van der Waals surface area (Å²) in [4.78, 5) is 12.3. The number of benzene rings is 2. The first-order valence-electron chi connectivity index (χ1n) is 8.64. The van der Waals surface area contributed by atoms with Crippen molar-refractivity contribution in [1.29, 1.82) is 0 Å². The van der Waals surface area contributed by atoms with Crippen molar-refractivity contribution in [2.24, 2.45) is 0 Å². The van der Waals surface area contributed by atoms with Crippen LogP contribution in [0, 0.1) is 0 Å². The average molecular weight is 382 g/mol. The van der Waals surface area contributed by atoms with Crippen LogP contribution in [0.2, 0.25) is 0 Å². The maximum absolute atomic E-state index is 12.3. The lowest BCUT2D eigenvalue weighted by Crippen LogP contribution is -2.24. The van der Waals surface area contributed by atoms with Gasteiger partial charge in [0.25, 0.3) is 5.91 Å². The van der Waals surface area contributed by atoms with Gasteiger partial charge in [-0.05, 0) is 29.8 Å². The van der Waals surface area contributed by atoms with E-state index in [1.54, 1.807) is 4.68 Å². The summed E-state index contributed by atoms with van der Waals surface area (Å²) < 4.78 is 1.55. The van der Waals surface area contributed by atoms with E-state index in [2.05, 4.69) is 15.5 Å². The number of nitrogen functional groups attached to an aromatic ring is 1. The van der Waals surface area contributed by atoms with Crippen molar-refractivity contribution in [2.45, 2.75) is 37.1 Å². The van der Waals surface area contributed by atoms with E-state index in [-0.39, 0.29) is 11.3 Å². The van der Waals surface area contributed by atoms with Crippen LogP contribution in [0.1, 0.15) is 42.5 Å². The smallest absolute Gasteiger partial charge is 0.255 e. The molecule has 0 saturated heterocycles. The van der Waals surface area contributed by atoms with Crippen LogP contribution in [0.3, 0.4) is 0 Å². The highest BCUT2D eigenvalue weighted by molar-refractivity contribution is 7.98. The molecule has 0 aliphatic heterocycles. The molecule has 7 heteroatoms. The summed E-state index contributed by atoms with van der Waals surface area (Å²) in [5, 5.41) is 11.9. The number of carbonyl (C=O) groups excluding carboxylic acids is 1. The quantitative estimate of drug-likeness (QED) is 0.518. The van der Waals surface area contributed by atoms with Crippen molar-refractivity contribution >= 4 is 23.4 Å². The molecule has 0 fully saturated rings. The molecule has 3 N–H and O–H groups in total. The fourth-order valence-electron chi connectivity index (χ4n) is 2.51. The Balaban J connectivity index is 1.61. The van der Waals surface area contributed by atoms with Crippen LogP contribution in [-0.4, -0.2) is 20.8 Å². The van der Waals surface area contributed by atoms with Gasteiger partial charge >= 0.3 is 0 Å². The average Bonchev–Trinajstić information content (AvgIpc) is 3.02. The molecule has 27 heavy (non-hydrogen) atoms. The van der Waals surface area contributed by atoms with Crippen molar-refractivity contribution in [1.82, 2.24) is 14.9 Å². The number of nitrogens with zero attached hydrogens (tertiary/aromatic N) is 3. The highest BCUT2D eigenvalue weighted by Gasteiger charge is 2.22. The monoisotopic (exact) mass is 381 g/mol. The molecule has 1 amide bonds. The molecule has 0 radical (unpaired) electrons. The van der Waals surface area contributed by atoms with Gasteiger partial charge in [-0.15, -0.1) is 10.2 Å². The maximum atomic E-state index is 12.3. The number of carbonyl (C=O) groups is 1. The third-order valence-electron chi connectivity index (χ3n) is 3.95. The van der Waals surface area contributed by atoms with Crippen LogP contribution in [-0.2, 0) is 11.2 Å². The van der Waals surface area contributed by atoms with Crippen LogP contribution in [0.4, 0.5) is 5.69 Å². The van der Waals surface area contributed by atoms with E-state index in [0.717, 1.165) is 17.1 Å². The van der Waals surface area contributed by atoms with Gasteiger partial charge in [0.15, 0.2) is 5.82 Å². The van der Waals surface area contributed by atoms with Crippen molar-refractivity contribution in [2.75, 3.05) is 11.2 Å². The predicted molar refractivity (Wildman–Crippen MR) is 109 cm³/mol. The Bertz CT molecular complexity index is 914. The molecule has 1 heterocycles. The zero-order chi connectivity index (χ0) is 19.4. The maximum Gasteiger partial charge on any atom is 0.255 e. The first-order valence-corrected chi connectivity index (χ1v) is 9.62. The van der Waals surface area contributed by atoms with Crippen LogP contribution in [0.15, 0.2) is 59.8 Å². The SMILES string of the molecule is CC(C)(C)c1nnc(SCc2ccc(C(=O)Nc3ccccc3)cc2)n1N.